The minimum absolute atomic E-state index is 0.0207. The minimum atomic E-state index is -0.767. The summed E-state index contributed by atoms with van der Waals surface area (Å²) in [7, 11) is 0. The summed E-state index contributed by atoms with van der Waals surface area (Å²) in [5, 5.41) is 23.8. The van der Waals surface area contributed by atoms with Crippen molar-refractivity contribution in [2.45, 2.75) is 64.0 Å². The Kier molecular flexibility index (Phi) is 9.69. The molecule has 0 amide bonds. The monoisotopic (exact) mass is 490 g/mol. The first-order valence-corrected chi connectivity index (χ1v) is 12.7. The zero-order valence-corrected chi connectivity index (χ0v) is 21.6. The zero-order valence-electron chi connectivity index (χ0n) is 21.6. The van der Waals surface area contributed by atoms with E-state index in [1.165, 1.54) is 11.1 Å². The summed E-state index contributed by atoms with van der Waals surface area (Å²) >= 11 is 0. The number of esters is 1. The van der Waals surface area contributed by atoms with E-state index in [9.17, 15) is 15.2 Å². The number of para-hydroxylation sites is 1. The molecule has 2 atom stereocenters. The van der Waals surface area contributed by atoms with Crippen LogP contribution in [0.2, 0.25) is 0 Å². The van der Waals surface area contributed by atoms with Gasteiger partial charge in [0.25, 0.3) is 0 Å². The van der Waals surface area contributed by atoms with Crippen LogP contribution >= 0.6 is 0 Å². The molecule has 3 rings (SSSR count). The fraction of sp³-hybridized carbons (Fsp3) is 0.467. The maximum atomic E-state index is 12.1. The van der Waals surface area contributed by atoms with Crippen LogP contribution < -0.4 is 10.1 Å². The summed E-state index contributed by atoms with van der Waals surface area (Å²) in [5.74, 6) is 0.249. The number of allylic oxidation sites excluding steroid dienone is 1. The van der Waals surface area contributed by atoms with Crippen molar-refractivity contribution < 1.29 is 19.4 Å². The molecular weight excluding hydrogens is 452 g/mol. The third kappa shape index (κ3) is 7.43. The van der Waals surface area contributed by atoms with E-state index in [1.54, 1.807) is 25.1 Å². The van der Waals surface area contributed by atoms with E-state index in [4.69, 9.17) is 9.47 Å². The second kappa shape index (κ2) is 12.7. The number of nitrogens with one attached hydrogen (secondary N) is 1. The van der Waals surface area contributed by atoms with E-state index in [0.717, 1.165) is 19.3 Å². The summed E-state index contributed by atoms with van der Waals surface area (Å²) in [6, 6.07) is 16.0. The lowest BCUT2D eigenvalue weighted by atomic mass is 9.88. The Hall–Kier alpha value is -3.14. The van der Waals surface area contributed by atoms with Crippen molar-refractivity contribution in [1.29, 1.82) is 5.26 Å². The number of ether oxygens (including phenoxy) is 2. The Balaban J connectivity index is 1.57. The van der Waals surface area contributed by atoms with Crippen LogP contribution in [0.5, 0.6) is 5.75 Å². The van der Waals surface area contributed by atoms with Crippen molar-refractivity contribution >= 4 is 5.97 Å². The highest BCUT2D eigenvalue weighted by atomic mass is 16.5. The van der Waals surface area contributed by atoms with Crippen LogP contribution in [0, 0.1) is 17.2 Å². The molecule has 0 bridgehead atoms. The van der Waals surface area contributed by atoms with Crippen molar-refractivity contribution in [3.8, 4) is 11.8 Å². The summed E-state index contributed by atoms with van der Waals surface area (Å²) in [6.07, 6.45) is 4.19. The fourth-order valence-corrected chi connectivity index (χ4v) is 5.04. The van der Waals surface area contributed by atoms with Crippen molar-refractivity contribution in [2.24, 2.45) is 5.92 Å². The second-order valence-corrected chi connectivity index (χ2v) is 10.2. The van der Waals surface area contributed by atoms with Gasteiger partial charge in [-0.25, -0.2) is 0 Å². The van der Waals surface area contributed by atoms with Crippen molar-refractivity contribution in [1.82, 2.24) is 5.32 Å². The molecule has 2 unspecified atom stereocenters. The predicted molar refractivity (Wildman–Crippen MR) is 141 cm³/mol. The molecule has 2 aromatic carbocycles. The van der Waals surface area contributed by atoms with Crippen LogP contribution in [0.25, 0.3) is 0 Å². The third-order valence-electron chi connectivity index (χ3n) is 6.71. The third-order valence-corrected chi connectivity index (χ3v) is 6.71. The molecule has 1 aliphatic carbocycles. The van der Waals surface area contributed by atoms with Gasteiger partial charge in [0.2, 0.25) is 0 Å². The number of hydrogen-bond donors (Lipinski definition) is 2. The SMILES string of the molecule is C=CC(CC(=O)OCC)c1cccc(C#N)c1OCC(O)CNC(C)(C)CC1Cc2ccccc2C1. The van der Waals surface area contributed by atoms with E-state index in [-0.39, 0.29) is 30.5 Å². The lowest BCUT2D eigenvalue weighted by Crippen LogP contribution is -2.46. The predicted octanol–water partition coefficient (Wildman–Crippen LogP) is 4.69. The summed E-state index contributed by atoms with van der Waals surface area (Å²) < 4.78 is 11.1. The number of nitrogens with zero attached hydrogens (tertiary/aromatic N) is 1. The topological polar surface area (TPSA) is 91.6 Å². The summed E-state index contributed by atoms with van der Waals surface area (Å²) in [6.45, 7) is 10.6. The number of carbonyl (C=O) groups excluding carboxylic acids is 1. The first-order chi connectivity index (χ1) is 17.3. The fourth-order valence-electron chi connectivity index (χ4n) is 5.04. The van der Waals surface area contributed by atoms with Crippen LogP contribution in [-0.2, 0) is 22.4 Å². The molecule has 0 aromatic heterocycles. The normalized spacial score (nSPS) is 15.0. The maximum absolute atomic E-state index is 12.1. The summed E-state index contributed by atoms with van der Waals surface area (Å²) in [5.41, 5.74) is 3.78. The van der Waals surface area contributed by atoms with Gasteiger partial charge in [-0.05, 0) is 63.1 Å². The van der Waals surface area contributed by atoms with Crippen LogP contribution in [0.15, 0.2) is 55.1 Å². The summed E-state index contributed by atoms with van der Waals surface area (Å²) in [4.78, 5) is 12.1. The Morgan fingerprint density at radius 1 is 1.25 bits per heavy atom. The molecule has 36 heavy (non-hydrogen) atoms. The molecule has 0 fully saturated rings. The van der Waals surface area contributed by atoms with Crippen LogP contribution in [0.1, 0.15) is 61.8 Å². The average molecular weight is 491 g/mol. The average Bonchev–Trinajstić information content (AvgIpc) is 3.26. The first kappa shape index (κ1) is 27.4. The molecule has 1 aliphatic rings. The molecule has 0 heterocycles. The van der Waals surface area contributed by atoms with E-state index in [0.29, 0.717) is 35.9 Å². The number of carbonyl (C=O) groups is 1. The maximum Gasteiger partial charge on any atom is 0.306 e. The highest BCUT2D eigenvalue weighted by Crippen LogP contribution is 2.34. The smallest absolute Gasteiger partial charge is 0.306 e. The van der Waals surface area contributed by atoms with Gasteiger partial charge in [-0.2, -0.15) is 5.26 Å². The number of hydrogen-bond acceptors (Lipinski definition) is 6. The van der Waals surface area contributed by atoms with Crippen molar-refractivity contribution in [3.63, 3.8) is 0 Å². The molecule has 6 nitrogen and oxygen atoms in total. The number of nitriles is 1. The Bertz CT molecular complexity index is 1060. The molecule has 0 spiro atoms. The second-order valence-electron chi connectivity index (χ2n) is 10.2. The van der Waals surface area contributed by atoms with Crippen LogP contribution in [0.4, 0.5) is 0 Å². The highest BCUT2D eigenvalue weighted by Gasteiger charge is 2.28. The molecule has 2 aromatic rings. The minimum Gasteiger partial charge on any atom is -0.489 e. The van der Waals surface area contributed by atoms with Gasteiger partial charge in [0, 0.05) is 23.6 Å². The van der Waals surface area contributed by atoms with Gasteiger partial charge in [-0.3, -0.25) is 4.79 Å². The van der Waals surface area contributed by atoms with Crippen molar-refractivity contribution in [3.05, 3.63) is 77.4 Å². The van der Waals surface area contributed by atoms with Crippen LogP contribution in [0.3, 0.4) is 0 Å². The molecule has 0 saturated heterocycles. The highest BCUT2D eigenvalue weighted by molar-refractivity contribution is 5.71. The number of β-amino-alcohol motifs (C(OH)–C–C–N with tert-alkyl or cyclic N) is 1. The number of aliphatic hydroxyl groups excluding tert-OH is 1. The van der Waals surface area contributed by atoms with Gasteiger partial charge in [0.05, 0.1) is 18.6 Å². The molecule has 0 saturated carbocycles. The van der Waals surface area contributed by atoms with Crippen molar-refractivity contribution in [2.75, 3.05) is 19.8 Å². The lowest BCUT2D eigenvalue weighted by Gasteiger charge is -2.30. The molecule has 6 heteroatoms. The lowest BCUT2D eigenvalue weighted by molar-refractivity contribution is -0.143. The Morgan fingerprint density at radius 2 is 1.94 bits per heavy atom. The molecule has 0 radical (unpaired) electrons. The van der Waals surface area contributed by atoms with Gasteiger partial charge in [0.1, 0.15) is 24.5 Å². The van der Waals surface area contributed by atoms with Gasteiger partial charge in [0.15, 0.2) is 0 Å². The number of rotatable bonds is 13. The van der Waals surface area contributed by atoms with Gasteiger partial charge in [-0.15, -0.1) is 6.58 Å². The van der Waals surface area contributed by atoms with Gasteiger partial charge < -0.3 is 19.9 Å². The molecule has 2 N–H and O–H groups in total. The quantitative estimate of drug-likeness (QED) is 0.313. The van der Waals surface area contributed by atoms with Gasteiger partial charge >= 0.3 is 5.97 Å². The number of fused-ring (bicyclic) bond motifs is 1. The molecule has 0 aliphatic heterocycles. The Morgan fingerprint density at radius 3 is 2.56 bits per heavy atom. The van der Waals surface area contributed by atoms with E-state index >= 15 is 0 Å². The Labute approximate surface area is 214 Å². The molecular formula is C30H38N2O4. The largest absolute Gasteiger partial charge is 0.489 e. The molecule has 192 valence electrons. The van der Waals surface area contributed by atoms with E-state index < -0.39 is 6.10 Å². The number of benzene rings is 2. The van der Waals surface area contributed by atoms with E-state index in [2.05, 4.69) is 56.1 Å². The van der Waals surface area contributed by atoms with E-state index in [1.807, 2.05) is 6.07 Å². The standard InChI is InChI=1S/C30H38N2O4/c1-5-22(16-28(34)35-6-2)27-13-9-12-25(18-31)29(27)36-20-26(33)19-32-30(3,4)17-21-14-23-10-7-8-11-24(23)15-21/h5,7-13,21-22,26,32-33H,1,6,14-17,19-20H2,2-4H3. The zero-order chi connectivity index (χ0) is 26.1. The number of aliphatic hydroxyl groups is 1. The van der Waals surface area contributed by atoms with Gasteiger partial charge in [-0.1, -0.05) is 42.5 Å². The first-order valence-electron chi connectivity index (χ1n) is 12.7. The van der Waals surface area contributed by atoms with Crippen LogP contribution in [-0.4, -0.2) is 42.5 Å².